The number of hydrogen-bond acceptors (Lipinski definition) is 5. The van der Waals surface area contributed by atoms with Crippen LogP contribution in [-0.2, 0) is 11.2 Å². The Morgan fingerprint density at radius 1 is 1.20 bits per heavy atom. The topological polar surface area (TPSA) is 72.1 Å². The molecule has 1 amide bonds. The molecule has 0 saturated carbocycles. The molecule has 3 heterocycles. The highest BCUT2D eigenvalue weighted by atomic mass is 16.5. The van der Waals surface area contributed by atoms with Gasteiger partial charge in [-0.2, -0.15) is 4.98 Å². The van der Waals surface area contributed by atoms with Crippen LogP contribution in [0.4, 0.5) is 5.69 Å². The molecular formula is C19H18N4O2. The van der Waals surface area contributed by atoms with E-state index < -0.39 is 0 Å². The Kier molecular flexibility index (Phi) is 4.01. The van der Waals surface area contributed by atoms with Gasteiger partial charge in [-0.05, 0) is 30.2 Å². The van der Waals surface area contributed by atoms with Crippen molar-refractivity contribution in [2.24, 2.45) is 0 Å². The van der Waals surface area contributed by atoms with E-state index in [1.54, 1.807) is 12.4 Å². The molecule has 1 aliphatic rings. The number of pyridine rings is 1. The summed E-state index contributed by atoms with van der Waals surface area (Å²) < 4.78 is 5.37. The number of aromatic nitrogens is 3. The number of rotatable bonds is 4. The van der Waals surface area contributed by atoms with Crippen molar-refractivity contribution in [1.82, 2.24) is 15.1 Å². The van der Waals surface area contributed by atoms with Crippen LogP contribution < -0.4 is 4.90 Å². The number of anilines is 1. The first-order valence-corrected chi connectivity index (χ1v) is 8.38. The Labute approximate surface area is 145 Å². The Balaban J connectivity index is 1.58. The zero-order valence-corrected chi connectivity index (χ0v) is 13.9. The average molecular weight is 334 g/mol. The minimum Gasteiger partial charge on any atom is -0.334 e. The first-order chi connectivity index (χ1) is 12.3. The van der Waals surface area contributed by atoms with Crippen molar-refractivity contribution in [2.45, 2.75) is 25.7 Å². The number of hydrogen-bond donors (Lipinski definition) is 0. The molecular weight excluding hydrogens is 316 g/mol. The fourth-order valence-electron chi connectivity index (χ4n) is 3.20. The summed E-state index contributed by atoms with van der Waals surface area (Å²) in [6, 6.07) is 11.7. The minimum absolute atomic E-state index is 0.0586. The highest BCUT2D eigenvalue weighted by Gasteiger charge is 2.35. The third-order valence-corrected chi connectivity index (χ3v) is 4.52. The molecule has 0 spiro atoms. The fourth-order valence-corrected chi connectivity index (χ4v) is 3.20. The second-order valence-electron chi connectivity index (χ2n) is 6.08. The fraction of sp³-hybridized carbons (Fsp3) is 0.263. The van der Waals surface area contributed by atoms with Crippen LogP contribution in [0.3, 0.4) is 0 Å². The minimum atomic E-state index is -0.0586. The van der Waals surface area contributed by atoms with E-state index in [1.165, 1.54) is 5.56 Å². The number of benzene rings is 1. The number of nitrogens with zero attached hydrogens (tertiary/aromatic N) is 4. The van der Waals surface area contributed by atoms with E-state index >= 15 is 0 Å². The maximum atomic E-state index is 12.5. The summed E-state index contributed by atoms with van der Waals surface area (Å²) in [5.74, 6) is 1.08. The van der Waals surface area contributed by atoms with Crippen molar-refractivity contribution in [3.8, 4) is 11.5 Å². The summed E-state index contributed by atoms with van der Waals surface area (Å²) in [5.41, 5.74) is 2.98. The molecule has 6 heteroatoms. The van der Waals surface area contributed by atoms with Gasteiger partial charge in [0.25, 0.3) is 5.89 Å². The maximum absolute atomic E-state index is 12.5. The first kappa shape index (κ1) is 15.5. The molecule has 25 heavy (non-hydrogen) atoms. The van der Waals surface area contributed by atoms with Crippen LogP contribution >= 0.6 is 0 Å². The van der Waals surface area contributed by atoms with Crippen LogP contribution in [0.15, 0.2) is 53.3 Å². The summed E-state index contributed by atoms with van der Waals surface area (Å²) in [5, 5.41) is 4.09. The number of para-hydroxylation sites is 1. The largest absolute Gasteiger partial charge is 0.334 e. The molecule has 1 atom stereocenters. The van der Waals surface area contributed by atoms with Gasteiger partial charge in [-0.15, -0.1) is 0 Å². The van der Waals surface area contributed by atoms with Crippen molar-refractivity contribution in [2.75, 3.05) is 11.4 Å². The standard InChI is InChI=1S/C19H18N4O2/c1-2-13-5-3-4-6-16(13)23-12-15(11-17(23)24)18-21-19(25-22-18)14-7-9-20-10-8-14/h3-10,15H,2,11-12H2,1H3. The lowest BCUT2D eigenvalue weighted by molar-refractivity contribution is -0.117. The molecule has 0 aliphatic carbocycles. The zero-order valence-electron chi connectivity index (χ0n) is 13.9. The van der Waals surface area contributed by atoms with E-state index in [0.29, 0.717) is 24.7 Å². The molecule has 3 aromatic rings. The van der Waals surface area contributed by atoms with E-state index in [9.17, 15) is 4.79 Å². The number of amides is 1. The lowest BCUT2D eigenvalue weighted by Gasteiger charge is -2.19. The second kappa shape index (κ2) is 6.47. The van der Waals surface area contributed by atoms with E-state index in [-0.39, 0.29) is 11.8 Å². The van der Waals surface area contributed by atoms with Crippen LogP contribution in [0.2, 0.25) is 0 Å². The molecule has 126 valence electrons. The van der Waals surface area contributed by atoms with Gasteiger partial charge in [-0.25, -0.2) is 0 Å². The number of aryl methyl sites for hydroxylation is 1. The van der Waals surface area contributed by atoms with Crippen molar-refractivity contribution in [1.29, 1.82) is 0 Å². The van der Waals surface area contributed by atoms with Gasteiger partial charge in [0.05, 0.1) is 0 Å². The monoisotopic (exact) mass is 334 g/mol. The van der Waals surface area contributed by atoms with Gasteiger partial charge in [0.2, 0.25) is 5.91 Å². The van der Waals surface area contributed by atoms with Crippen LogP contribution in [0.25, 0.3) is 11.5 Å². The maximum Gasteiger partial charge on any atom is 0.258 e. The first-order valence-electron chi connectivity index (χ1n) is 8.38. The molecule has 0 bridgehead atoms. The van der Waals surface area contributed by atoms with Crippen LogP contribution in [0, 0.1) is 0 Å². The predicted molar refractivity (Wildman–Crippen MR) is 93.1 cm³/mol. The van der Waals surface area contributed by atoms with Gasteiger partial charge in [-0.3, -0.25) is 9.78 Å². The lowest BCUT2D eigenvalue weighted by Crippen LogP contribution is -2.25. The van der Waals surface area contributed by atoms with Crippen LogP contribution in [-0.4, -0.2) is 27.6 Å². The van der Waals surface area contributed by atoms with E-state index in [0.717, 1.165) is 17.7 Å². The molecule has 6 nitrogen and oxygen atoms in total. The highest BCUT2D eigenvalue weighted by Crippen LogP contribution is 2.33. The van der Waals surface area contributed by atoms with Gasteiger partial charge >= 0.3 is 0 Å². The Hall–Kier alpha value is -3.02. The zero-order chi connectivity index (χ0) is 17.2. The molecule has 0 radical (unpaired) electrons. The number of carbonyl (C=O) groups excluding carboxylic acids is 1. The summed E-state index contributed by atoms with van der Waals surface area (Å²) in [6.07, 6.45) is 4.65. The molecule has 1 saturated heterocycles. The normalized spacial score (nSPS) is 17.2. The molecule has 1 aliphatic heterocycles. The van der Waals surface area contributed by atoms with Gasteiger partial charge in [0.1, 0.15) is 0 Å². The van der Waals surface area contributed by atoms with Crippen molar-refractivity contribution < 1.29 is 9.32 Å². The summed E-state index contributed by atoms with van der Waals surface area (Å²) in [4.78, 5) is 22.8. The van der Waals surface area contributed by atoms with Crippen molar-refractivity contribution in [3.63, 3.8) is 0 Å². The van der Waals surface area contributed by atoms with E-state index in [2.05, 4.69) is 28.1 Å². The predicted octanol–water partition coefficient (Wildman–Crippen LogP) is 3.21. The van der Waals surface area contributed by atoms with Crippen molar-refractivity contribution >= 4 is 11.6 Å². The van der Waals surface area contributed by atoms with Crippen molar-refractivity contribution in [3.05, 3.63) is 60.2 Å². The lowest BCUT2D eigenvalue weighted by atomic mass is 10.1. The second-order valence-corrected chi connectivity index (χ2v) is 6.08. The summed E-state index contributed by atoms with van der Waals surface area (Å²) >= 11 is 0. The number of carbonyl (C=O) groups is 1. The molecule has 1 fully saturated rings. The summed E-state index contributed by atoms with van der Waals surface area (Å²) in [7, 11) is 0. The van der Waals surface area contributed by atoms with E-state index in [4.69, 9.17) is 4.52 Å². The van der Waals surface area contributed by atoms with E-state index in [1.807, 2.05) is 35.2 Å². The molecule has 1 aromatic carbocycles. The van der Waals surface area contributed by atoms with Crippen LogP contribution in [0.5, 0.6) is 0 Å². The van der Waals surface area contributed by atoms with Gasteiger partial charge < -0.3 is 9.42 Å². The van der Waals surface area contributed by atoms with Crippen LogP contribution in [0.1, 0.15) is 30.7 Å². The van der Waals surface area contributed by atoms with Gasteiger partial charge in [0, 0.05) is 42.5 Å². The third-order valence-electron chi connectivity index (χ3n) is 4.52. The molecule has 2 aromatic heterocycles. The Morgan fingerprint density at radius 3 is 2.80 bits per heavy atom. The SMILES string of the molecule is CCc1ccccc1N1CC(c2noc(-c3ccncc3)n2)CC1=O. The van der Waals surface area contributed by atoms with Gasteiger partial charge in [0.15, 0.2) is 5.82 Å². The quantitative estimate of drug-likeness (QED) is 0.732. The Bertz CT molecular complexity index is 891. The smallest absolute Gasteiger partial charge is 0.258 e. The molecule has 1 unspecified atom stereocenters. The molecule has 4 rings (SSSR count). The average Bonchev–Trinajstić information content (AvgIpc) is 3.29. The summed E-state index contributed by atoms with van der Waals surface area (Å²) in [6.45, 7) is 2.67. The molecule has 0 N–H and O–H groups in total. The highest BCUT2D eigenvalue weighted by molar-refractivity contribution is 5.97. The van der Waals surface area contributed by atoms with Gasteiger partial charge in [-0.1, -0.05) is 30.3 Å². The third kappa shape index (κ3) is 2.91. The Morgan fingerprint density at radius 2 is 2.00 bits per heavy atom.